The quantitative estimate of drug-likeness (QED) is 0.465. The van der Waals surface area contributed by atoms with Crippen LogP contribution in [-0.2, 0) is 4.79 Å². The minimum Gasteiger partial charge on any atom is -0.482 e. The maximum atomic E-state index is 11.8. The van der Waals surface area contributed by atoms with Crippen LogP contribution in [0.3, 0.4) is 0 Å². The molecule has 0 aliphatic heterocycles. The van der Waals surface area contributed by atoms with E-state index in [-0.39, 0.29) is 23.7 Å². The van der Waals surface area contributed by atoms with Crippen molar-refractivity contribution in [2.75, 3.05) is 6.61 Å². The lowest BCUT2D eigenvalue weighted by molar-refractivity contribution is -0.136. The monoisotopic (exact) mass is 309 g/mol. The number of nitriles is 1. The van der Waals surface area contributed by atoms with Gasteiger partial charge in [-0.15, -0.1) is 0 Å². The number of hydrogen-bond donors (Lipinski definition) is 0. The van der Waals surface area contributed by atoms with Crippen molar-refractivity contribution in [1.82, 2.24) is 0 Å². The molecule has 0 fully saturated rings. The highest BCUT2D eigenvalue weighted by Crippen LogP contribution is 2.17. The molecule has 5 nitrogen and oxygen atoms in total. The summed E-state index contributed by atoms with van der Waals surface area (Å²) in [4.78, 5) is 23.3. The first-order valence-corrected chi connectivity index (χ1v) is 7.10. The second kappa shape index (κ2) is 7.76. The van der Waals surface area contributed by atoms with E-state index in [1.807, 2.05) is 6.07 Å². The highest BCUT2D eigenvalue weighted by molar-refractivity contribution is 5.95. The first-order chi connectivity index (χ1) is 11.1. The van der Waals surface area contributed by atoms with Gasteiger partial charge in [-0.2, -0.15) is 5.26 Å². The molecule has 23 heavy (non-hydrogen) atoms. The van der Waals surface area contributed by atoms with Gasteiger partial charge in [-0.25, -0.2) is 4.79 Å². The molecule has 2 rings (SSSR count). The summed E-state index contributed by atoms with van der Waals surface area (Å²) in [5.41, 5.74) is 0.883. The zero-order valence-electron chi connectivity index (χ0n) is 12.6. The smallest absolute Gasteiger partial charge is 0.349 e. The molecule has 0 atom stereocenters. The number of Topliss-reactive ketones (excluding diaryl/α,β-unsaturated/α-hetero) is 1. The van der Waals surface area contributed by atoms with Crippen molar-refractivity contribution < 1.29 is 19.1 Å². The maximum absolute atomic E-state index is 11.8. The maximum Gasteiger partial charge on any atom is 0.349 e. The van der Waals surface area contributed by atoms with E-state index < -0.39 is 5.97 Å². The largest absolute Gasteiger partial charge is 0.482 e. The topological polar surface area (TPSA) is 76.4 Å². The summed E-state index contributed by atoms with van der Waals surface area (Å²) in [6, 6.07) is 15.0. The van der Waals surface area contributed by atoms with Crippen molar-refractivity contribution in [2.24, 2.45) is 0 Å². The summed E-state index contributed by atoms with van der Waals surface area (Å²) < 4.78 is 10.4. The molecule has 0 bridgehead atoms. The fourth-order valence-corrected chi connectivity index (χ4v) is 1.88. The SMILES string of the molecule is CCC(=O)c1ccc(OCC(=O)Oc2ccccc2C#N)cc1. The van der Waals surface area contributed by atoms with E-state index >= 15 is 0 Å². The summed E-state index contributed by atoms with van der Waals surface area (Å²) >= 11 is 0. The third-order valence-corrected chi connectivity index (χ3v) is 3.09. The molecule has 0 aromatic heterocycles. The first-order valence-electron chi connectivity index (χ1n) is 7.10. The number of para-hydroxylation sites is 1. The molecule has 5 heteroatoms. The number of ether oxygens (including phenoxy) is 2. The zero-order valence-corrected chi connectivity index (χ0v) is 12.6. The number of benzene rings is 2. The highest BCUT2D eigenvalue weighted by atomic mass is 16.6. The molecule has 0 amide bonds. The Bertz CT molecular complexity index is 744. The van der Waals surface area contributed by atoms with E-state index in [1.54, 1.807) is 55.5 Å². The third kappa shape index (κ3) is 4.42. The summed E-state index contributed by atoms with van der Waals surface area (Å²) in [6.07, 6.45) is 0.435. The van der Waals surface area contributed by atoms with Crippen LogP contribution in [0.4, 0.5) is 0 Å². The predicted molar refractivity (Wildman–Crippen MR) is 83.4 cm³/mol. The lowest BCUT2D eigenvalue weighted by Gasteiger charge is -2.08. The molecule has 0 unspecified atom stereocenters. The van der Waals surface area contributed by atoms with Gasteiger partial charge in [-0.05, 0) is 36.4 Å². The van der Waals surface area contributed by atoms with Gasteiger partial charge in [0.15, 0.2) is 12.4 Å². The summed E-state index contributed by atoms with van der Waals surface area (Å²) in [5, 5.41) is 8.93. The van der Waals surface area contributed by atoms with Crippen molar-refractivity contribution in [2.45, 2.75) is 13.3 Å². The molecule has 0 N–H and O–H groups in total. The summed E-state index contributed by atoms with van der Waals surface area (Å²) in [7, 11) is 0. The van der Waals surface area contributed by atoms with Gasteiger partial charge >= 0.3 is 5.97 Å². The van der Waals surface area contributed by atoms with Gasteiger partial charge in [-0.1, -0.05) is 19.1 Å². The molecule has 0 saturated carbocycles. The highest BCUT2D eigenvalue weighted by Gasteiger charge is 2.10. The number of carbonyl (C=O) groups is 2. The Balaban J connectivity index is 1.92. The Morgan fingerprint density at radius 1 is 1.09 bits per heavy atom. The van der Waals surface area contributed by atoms with Crippen LogP contribution in [0, 0.1) is 11.3 Å². The second-order valence-corrected chi connectivity index (χ2v) is 4.67. The standard InChI is InChI=1S/C18H15NO4/c1-2-16(20)13-7-9-15(10-8-13)22-12-18(21)23-17-6-4-3-5-14(17)11-19/h3-10H,2,12H2,1H3. The van der Waals surface area contributed by atoms with Gasteiger partial charge < -0.3 is 9.47 Å². The van der Waals surface area contributed by atoms with E-state index in [2.05, 4.69) is 0 Å². The van der Waals surface area contributed by atoms with E-state index in [1.165, 1.54) is 0 Å². The van der Waals surface area contributed by atoms with Crippen molar-refractivity contribution in [3.8, 4) is 17.6 Å². The second-order valence-electron chi connectivity index (χ2n) is 4.67. The van der Waals surface area contributed by atoms with Gasteiger partial charge in [0.25, 0.3) is 0 Å². The van der Waals surface area contributed by atoms with Crippen LogP contribution in [0.1, 0.15) is 29.3 Å². The van der Waals surface area contributed by atoms with Crippen LogP contribution < -0.4 is 9.47 Å². The van der Waals surface area contributed by atoms with E-state index in [4.69, 9.17) is 14.7 Å². The van der Waals surface area contributed by atoms with Crippen LogP contribution in [0.2, 0.25) is 0 Å². The normalized spacial score (nSPS) is 9.74. The molecule has 2 aromatic rings. The minimum atomic E-state index is -0.610. The van der Waals surface area contributed by atoms with Crippen LogP contribution in [0.15, 0.2) is 48.5 Å². The molecule has 0 aliphatic rings. The Morgan fingerprint density at radius 2 is 1.78 bits per heavy atom. The van der Waals surface area contributed by atoms with E-state index in [9.17, 15) is 9.59 Å². The molecular weight excluding hydrogens is 294 g/mol. The van der Waals surface area contributed by atoms with Crippen LogP contribution >= 0.6 is 0 Å². The van der Waals surface area contributed by atoms with Gasteiger partial charge in [0.1, 0.15) is 17.6 Å². The number of rotatable bonds is 6. The molecule has 0 radical (unpaired) electrons. The number of ketones is 1. The number of carbonyl (C=O) groups excluding carboxylic acids is 2. The molecule has 116 valence electrons. The molecular formula is C18H15NO4. The van der Waals surface area contributed by atoms with Crippen molar-refractivity contribution >= 4 is 11.8 Å². The van der Waals surface area contributed by atoms with E-state index in [0.717, 1.165) is 0 Å². The summed E-state index contributed by atoms with van der Waals surface area (Å²) in [5.74, 6) is 0.0983. The first kappa shape index (κ1) is 16.2. The van der Waals surface area contributed by atoms with Crippen molar-refractivity contribution in [1.29, 1.82) is 5.26 Å². The fraction of sp³-hybridized carbons (Fsp3) is 0.167. The third-order valence-electron chi connectivity index (χ3n) is 3.09. The Labute approximate surface area is 134 Å². The van der Waals surface area contributed by atoms with Crippen LogP contribution in [0.5, 0.6) is 11.5 Å². The van der Waals surface area contributed by atoms with Gasteiger partial charge in [-0.3, -0.25) is 4.79 Å². The Kier molecular flexibility index (Phi) is 5.48. The van der Waals surface area contributed by atoms with E-state index in [0.29, 0.717) is 17.7 Å². The lowest BCUT2D eigenvalue weighted by atomic mass is 10.1. The van der Waals surface area contributed by atoms with Crippen molar-refractivity contribution in [3.05, 3.63) is 59.7 Å². The zero-order chi connectivity index (χ0) is 16.7. The molecule has 0 aliphatic carbocycles. The molecule has 0 spiro atoms. The fourth-order valence-electron chi connectivity index (χ4n) is 1.88. The van der Waals surface area contributed by atoms with Crippen LogP contribution in [-0.4, -0.2) is 18.4 Å². The van der Waals surface area contributed by atoms with Gasteiger partial charge in [0, 0.05) is 12.0 Å². The van der Waals surface area contributed by atoms with Gasteiger partial charge in [0.05, 0.1) is 5.56 Å². The van der Waals surface area contributed by atoms with Crippen molar-refractivity contribution in [3.63, 3.8) is 0 Å². The Morgan fingerprint density at radius 3 is 2.43 bits per heavy atom. The molecule has 0 heterocycles. The average molecular weight is 309 g/mol. The summed E-state index contributed by atoms with van der Waals surface area (Å²) in [6.45, 7) is 1.50. The predicted octanol–water partition coefficient (Wildman–Crippen LogP) is 3.14. The Hall–Kier alpha value is -3.13. The molecule has 0 saturated heterocycles. The molecule has 2 aromatic carbocycles. The number of esters is 1. The lowest BCUT2D eigenvalue weighted by Crippen LogP contribution is -2.18. The average Bonchev–Trinajstić information content (AvgIpc) is 2.60. The van der Waals surface area contributed by atoms with Crippen LogP contribution in [0.25, 0.3) is 0 Å². The van der Waals surface area contributed by atoms with Gasteiger partial charge in [0.2, 0.25) is 0 Å². The number of hydrogen-bond acceptors (Lipinski definition) is 5. The minimum absolute atomic E-state index is 0.0454. The number of nitrogens with zero attached hydrogens (tertiary/aromatic N) is 1.